The summed E-state index contributed by atoms with van der Waals surface area (Å²) in [5.41, 5.74) is 0. The molecule has 0 aromatic rings. The van der Waals surface area contributed by atoms with Crippen molar-refractivity contribution in [3.05, 3.63) is 0 Å². The van der Waals surface area contributed by atoms with E-state index in [9.17, 15) is 14.4 Å². The van der Waals surface area contributed by atoms with Gasteiger partial charge in [-0.15, -0.1) is 0 Å². The molecule has 0 saturated heterocycles. The molecule has 0 bridgehead atoms. The smallest absolute Gasteiger partial charge is 0.307 e. The van der Waals surface area contributed by atoms with Crippen LogP contribution < -0.4 is 5.32 Å². The maximum Gasteiger partial charge on any atom is 0.307 e. The molecular formula is C13H22N2O4. The average Bonchev–Trinajstić information content (AvgIpc) is 2.43. The third-order valence-corrected chi connectivity index (χ3v) is 3.73. The number of nitrogens with one attached hydrogen (secondary N) is 1. The third-order valence-electron chi connectivity index (χ3n) is 3.73. The van der Waals surface area contributed by atoms with Gasteiger partial charge < -0.3 is 15.3 Å². The number of aliphatic carboxylic acids is 1. The van der Waals surface area contributed by atoms with Crippen molar-refractivity contribution in [2.45, 2.75) is 32.1 Å². The zero-order valence-corrected chi connectivity index (χ0v) is 11.5. The molecule has 0 aliphatic heterocycles. The van der Waals surface area contributed by atoms with E-state index in [1.54, 1.807) is 14.1 Å². The lowest BCUT2D eigenvalue weighted by Crippen LogP contribution is -2.41. The number of hydrogen-bond acceptors (Lipinski definition) is 3. The SMILES string of the molecule is CNC(=O)CCN(C)C(=O)[C@@H]1CCCC[C@@H]1C(=O)O. The summed E-state index contributed by atoms with van der Waals surface area (Å²) in [6.07, 6.45) is 3.19. The minimum Gasteiger partial charge on any atom is -0.481 e. The largest absolute Gasteiger partial charge is 0.481 e. The molecule has 0 aromatic heterocycles. The van der Waals surface area contributed by atoms with E-state index in [2.05, 4.69) is 5.32 Å². The van der Waals surface area contributed by atoms with E-state index >= 15 is 0 Å². The van der Waals surface area contributed by atoms with Gasteiger partial charge >= 0.3 is 5.97 Å². The Kier molecular flexibility index (Phi) is 5.79. The fourth-order valence-corrected chi connectivity index (χ4v) is 2.51. The topological polar surface area (TPSA) is 86.7 Å². The fraction of sp³-hybridized carbons (Fsp3) is 0.769. The lowest BCUT2D eigenvalue weighted by molar-refractivity contribution is -0.152. The molecule has 1 fully saturated rings. The van der Waals surface area contributed by atoms with Crippen LogP contribution in [0.5, 0.6) is 0 Å². The first-order chi connectivity index (χ1) is 8.97. The first-order valence-corrected chi connectivity index (χ1v) is 6.65. The number of amides is 2. The number of carboxylic acid groups (broad SMARTS) is 1. The Bertz CT molecular complexity index is 357. The molecule has 108 valence electrons. The number of hydrogen-bond donors (Lipinski definition) is 2. The summed E-state index contributed by atoms with van der Waals surface area (Å²) in [6, 6.07) is 0. The quantitative estimate of drug-likeness (QED) is 0.760. The highest BCUT2D eigenvalue weighted by Crippen LogP contribution is 2.31. The van der Waals surface area contributed by atoms with Crippen LogP contribution in [0.3, 0.4) is 0 Å². The number of carbonyl (C=O) groups is 3. The van der Waals surface area contributed by atoms with Crippen molar-refractivity contribution in [2.75, 3.05) is 20.6 Å². The highest BCUT2D eigenvalue weighted by molar-refractivity contribution is 5.85. The summed E-state index contributed by atoms with van der Waals surface area (Å²) in [7, 11) is 3.17. The summed E-state index contributed by atoms with van der Waals surface area (Å²) in [6.45, 7) is 0.321. The standard InChI is InChI=1S/C13H22N2O4/c1-14-11(16)7-8-15(2)12(17)9-5-3-4-6-10(9)13(18)19/h9-10H,3-8H2,1-2H3,(H,14,16)(H,18,19)/t9-,10+/m1/s1. The van der Waals surface area contributed by atoms with E-state index in [-0.39, 0.29) is 18.2 Å². The molecule has 19 heavy (non-hydrogen) atoms. The van der Waals surface area contributed by atoms with Crippen molar-refractivity contribution in [3.63, 3.8) is 0 Å². The Hall–Kier alpha value is -1.59. The van der Waals surface area contributed by atoms with E-state index in [0.29, 0.717) is 19.4 Å². The highest BCUT2D eigenvalue weighted by Gasteiger charge is 2.36. The van der Waals surface area contributed by atoms with Gasteiger partial charge in [-0.2, -0.15) is 0 Å². The molecule has 0 heterocycles. The first-order valence-electron chi connectivity index (χ1n) is 6.65. The summed E-state index contributed by atoms with van der Waals surface area (Å²) in [4.78, 5) is 36.0. The molecule has 1 aliphatic carbocycles. The molecule has 0 unspecified atom stereocenters. The number of nitrogens with zero attached hydrogens (tertiary/aromatic N) is 1. The predicted octanol–water partition coefficient (Wildman–Crippen LogP) is 0.472. The van der Waals surface area contributed by atoms with Crippen LogP contribution in [0.15, 0.2) is 0 Å². The summed E-state index contributed by atoms with van der Waals surface area (Å²) in [5, 5.41) is 11.7. The van der Waals surface area contributed by atoms with Crippen LogP contribution in [0.25, 0.3) is 0 Å². The van der Waals surface area contributed by atoms with Gasteiger partial charge in [0.15, 0.2) is 0 Å². The molecule has 2 atom stereocenters. The van der Waals surface area contributed by atoms with Gasteiger partial charge in [0.1, 0.15) is 0 Å². The zero-order chi connectivity index (χ0) is 14.4. The van der Waals surface area contributed by atoms with Crippen molar-refractivity contribution < 1.29 is 19.5 Å². The highest BCUT2D eigenvalue weighted by atomic mass is 16.4. The fourth-order valence-electron chi connectivity index (χ4n) is 2.51. The van der Waals surface area contributed by atoms with Crippen LogP contribution in [-0.2, 0) is 14.4 Å². The molecule has 1 aliphatic rings. The van der Waals surface area contributed by atoms with Gasteiger partial charge in [-0.1, -0.05) is 12.8 Å². The number of carboxylic acids is 1. The van der Waals surface area contributed by atoms with Crippen molar-refractivity contribution in [2.24, 2.45) is 11.8 Å². The van der Waals surface area contributed by atoms with Gasteiger partial charge in [0.25, 0.3) is 0 Å². The van der Waals surface area contributed by atoms with E-state index in [4.69, 9.17) is 5.11 Å². The Morgan fingerprint density at radius 1 is 1.21 bits per heavy atom. The summed E-state index contributed by atoms with van der Waals surface area (Å²) in [5.74, 6) is -2.20. The Morgan fingerprint density at radius 2 is 1.79 bits per heavy atom. The van der Waals surface area contributed by atoms with Crippen molar-refractivity contribution in [3.8, 4) is 0 Å². The predicted molar refractivity (Wildman–Crippen MR) is 69.4 cm³/mol. The van der Waals surface area contributed by atoms with Crippen LogP contribution in [0.1, 0.15) is 32.1 Å². The van der Waals surface area contributed by atoms with Gasteiger partial charge in [-0.3, -0.25) is 14.4 Å². The third kappa shape index (κ3) is 4.22. The lowest BCUT2D eigenvalue weighted by atomic mass is 9.78. The maximum atomic E-state index is 12.2. The van der Waals surface area contributed by atoms with E-state index in [1.807, 2.05) is 0 Å². The van der Waals surface area contributed by atoms with Crippen LogP contribution in [0.4, 0.5) is 0 Å². The van der Waals surface area contributed by atoms with Gasteiger partial charge in [-0.25, -0.2) is 0 Å². The summed E-state index contributed by atoms with van der Waals surface area (Å²) < 4.78 is 0. The van der Waals surface area contributed by atoms with Gasteiger partial charge in [0, 0.05) is 27.1 Å². The number of rotatable bonds is 5. The average molecular weight is 270 g/mol. The molecule has 6 nitrogen and oxygen atoms in total. The van der Waals surface area contributed by atoms with Crippen LogP contribution in [0, 0.1) is 11.8 Å². The van der Waals surface area contributed by atoms with E-state index < -0.39 is 17.8 Å². The van der Waals surface area contributed by atoms with Crippen molar-refractivity contribution >= 4 is 17.8 Å². The van der Waals surface area contributed by atoms with Crippen LogP contribution in [-0.4, -0.2) is 48.4 Å². The Balaban J connectivity index is 2.58. The molecule has 1 saturated carbocycles. The molecule has 0 radical (unpaired) electrons. The van der Waals surface area contributed by atoms with Gasteiger partial charge in [0.2, 0.25) is 11.8 Å². The monoisotopic (exact) mass is 270 g/mol. The lowest BCUT2D eigenvalue weighted by Gasteiger charge is -2.30. The second kappa shape index (κ2) is 7.11. The second-order valence-electron chi connectivity index (χ2n) is 5.02. The zero-order valence-electron chi connectivity index (χ0n) is 11.5. The van der Waals surface area contributed by atoms with Crippen LogP contribution in [0.2, 0.25) is 0 Å². The minimum absolute atomic E-state index is 0.127. The molecule has 0 spiro atoms. The van der Waals surface area contributed by atoms with Crippen molar-refractivity contribution in [1.29, 1.82) is 0 Å². The number of carbonyl (C=O) groups excluding carboxylic acids is 2. The second-order valence-corrected chi connectivity index (χ2v) is 5.02. The molecule has 1 rings (SSSR count). The van der Waals surface area contributed by atoms with Gasteiger partial charge in [0.05, 0.1) is 11.8 Å². The molecule has 2 amide bonds. The normalized spacial score (nSPS) is 22.6. The Morgan fingerprint density at radius 3 is 2.32 bits per heavy atom. The molecular weight excluding hydrogens is 248 g/mol. The maximum absolute atomic E-state index is 12.2. The van der Waals surface area contributed by atoms with Crippen molar-refractivity contribution in [1.82, 2.24) is 10.2 Å². The molecule has 0 aromatic carbocycles. The Labute approximate surface area is 113 Å². The van der Waals surface area contributed by atoms with E-state index in [1.165, 1.54) is 4.90 Å². The molecule has 6 heteroatoms. The van der Waals surface area contributed by atoms with Crippen LogP contribution >= 0.6 is 0 Å². The molecule has 2 N–H and O–H groups in total. The first kappa shape index (κ1) is 15.5. The minimum atomic E-state index is -0.891. The van der Waals surface area contributed by atoms with Gasteiger partial charge in [-0.05, 0) is 12.8 Å². The van der Waals surface area contributed by atoms with E-state index in [0.717, 1.165) is 12.8 Å². The summed E-state index contributed by atoms with van der Waals surface area (Å²) >= 11 is 0.